The zero-order valence-electron chi connectivity index (χ0n) is 12.0. The number of aromatic nitrogens is 2. The number of nitrogens with zero attached hydrogens (tertiary/aromatic N) is 4. The van der Waals surface area contributed by atoms with Gasteiger partial charge in [-0.25, -0.2) is 9.78 Å². The second kappa shape index (κ2) is 5.54. The number of aromatic carboxylic acids is 1. The van der Waals surface area contributed by atoms with Crippen LogP contribution in [0.2, 0.25) is 0 Å². The molecule has 3 rings (SSSR count). The molecular formula is C14H22N4O2. The van der Waals surface area contributed by atoms with Gasteiger partial charge in [-0.05, 0) is 26.3 Å². The largest absolute Gasteiger partial charge is 0.476 e. The van der Waals surface area contributed by atoms with Crippen LogP contribution in [0.3, 0.4) is 0 Å². The topological polar surface area (TPSA) is 61.6 Å². The van der Waals surface area contributed by atoms with Gasteiger partial charge < -0.3 is 14.6 Å². The number of carboxylic acids is 1. The lowest BCUT2D eigenvalue weighted by atomic mass is 10.1. The third-order valence-corrected chi connectivity index (χ3v) is 4.36. The third-order valence-electron chi connectivity index (χ3n) is 4.36. The molecule has 110 valence electrons. The van der Waals surface area contributed by atoms with Crippen LogP contribution in [0.25, 0.3) is 0 Å². The Morgan fingerprint density at radius 3 is 2.65 bits per heavy atom. The lowest BCUT2D eigenvalue weighted by Gasteiger charge is -2.32. The molecule has 0 amide bonds. The summed E-state index contributed by atoms with van der Waals surface area (Å²) in [5.74, 6) is 0.0435. The second-order valence-corrected chi connectivity index (χ2v) is 5.82. The fourth-order valence-electron chi connectivity index (χ4n) is 3.12. The number of rotatable bonds is 3. The van der Waals surface area contributed by atoms with Crippen LogP contribution in [0.5, 0.6) is 0 Å². The lowest BCUT2D eigenvalue weighted by Crippen LogP contribution is -2.44. The van der Waals surface area contributed by atoms with Crippen molar-refractivity contribution in [3.8, 4) is 0 Å². The molecule has 0 saturated carbocycles. The maximum atomic E-state index is 11.3. The minimum Gasteiger partial charge on any atom is -0.476 e. The summed E-state index contributed by atoms with van der Waals surface area (Å²) in [6.07, 6.45) is 3.04. The summed E-state index contributed by atoms with van der Waals surface area (Å²) in [7, 11) is 2.14. The molecule has 1 fully saturated rings. The van der Waals surface area contributed by atoms with Gasteiger partial charge in [-0.2, -0.15) is 0 Å². The van der Waals surface area contributed by atoms with Crippen molar-refractivity contribution in [2.45, 2.75) is 32.4 Å². The highest BCUT2D eigenvalue weighted by Gasteiger charge is 2.25. The number of imidazole rings is 1. The Hall–Kier alpha value is -1.40. The van der Waals surface area contributed by atoms with Gasteiger partial charge in [0.25, 0.3) is 0 Å². The Kier molecular flexibility index (Phi) is 3.76. The molecule has 0 spiro atoms. The van der Waals surface area contributed by atoms with E-state index in [1.54, 1.807) is 0 Å². The van der Waals surface area contributed by atoms with Crippen molar-refractivity contribution in [1.29, 1.82) is 0 Å². The molecule has 2 aliphatic heterocycles. The fourth-order valence-corrected chi connectivity index (χ4v) is 3.12. The van der Waals surface area contributed by atoms with Crippen LogP contribution < -0.4 is 0 Å². The number of fused-ring (bicyclic) bond motifs is 1. The van der Waals surface area contributed by atoms with Crippen molar-refractivity contribution >= 4 is 5.97 Å². The van der Waals surface area contributed by atoms with Crippen LogP contribution in [-0.4, -0.2) is 63.7 Å². The van der Waals surface area contributed by atoms with Crippen molar-refractivity contribution in [3.05, 3.63) is 17.2 Å². The Bertz CT molecular complexity index is 504. The SMILES string of the molecule is CN1CCN(Cc2nc(C(=O)O)c3n2CCCC3)CC1. The minimum absolute atomic E-state index is 0.272. The Morgan fingerprint density at radius 2 is 1.95 bits per heavy atom. The monoisotopic (exact) mass is 278 g/mol. The summed E-state index contributed by atoms with van der Waals surface area (Å²) >= 11 is 0. The second-order valence-electron chi connectivity index (χ2n) is 5.82. The summed E-state index contributed by atoms with van der Waals surface area (Å²) in [6, 6.07) is 0. The molecule has 0 radical (unpaired) electrons. The molecule has 6 nitrogen and oxygen atoms in total. The van der Waals surface area contributed by atoms with Crippen molar-refractivity contribution in [3.63, 3.8) is 0 Å². The number of carbonyl (C=O) groups is 1. The van der Waals surface area contributed by atoms with Crippen molar-refractivity contribution in [2.75, 3.05) is 33.2 Å². The quantitative estimate of drug-likeness (QED) is 0.880. The van der Waals surface area contributed by atoms with Gasteiger partial charge in [0.05, 0.1) is 12.2 Å². The van der Waals surface area contributed by atoms with Crippen LogP contribution in [0.15, 0.2) is 0 Å². The fraction of sp³-hybridized carbons (Fsp3) is 0.714. The van der Waals surface area contributed by atoms with Gasteiger partial charge in [-0.15, -0.1) is 0 Å². The van der Waals surface area contributed by atoms with Gasteiger partial charge in [-0.1, -0.05) is 0 Å². The van der Waals surface area contributed by atoms with Crippen LogP contribution in [-0.2, 0) is 19.5 Å². The van der Waals surface area contributed by atoms with E-state index in [4.69, 9.17) is 0 Å². The van der Waals surface area contributed by atoms with E-state index in [0.29, 0.717) is 0 Å². The molecule has 0 unspecified atom stereocenters. The highest BCUT2D eigenvalue weighted by molar-refractivity contribution is 5.86. The molecule has 1 saturated heterocycles. The number of piperazine rings is 1. The molecule has 0 bridgehead atoms. The summed E-state index contributed by atoms with van der Waals surface area (Å²) in [5.41, 5.74) is 1.20. The highest BCUT2D eigenvalue weighted by Crippen LogP contribution is 2.22. The van der Waals surface area contributed by atoms with E-state index < -0.39 is 5.97 Å². The van der Waals surface area contributed by atoms with Crippen LogP contribution in [0.4, 0.5) is 0 Å². The van der Waals surface area contributed by atoms with E-state index in [1.165, 1.54) is 0 Å². The average Bonchev–Trinajstić information content (AvgIpc) is 2.81. The van der Waals surface area contributed by atoms with E-state index in [0.717, 1.165) is 70.0 Å². The Balaban J connectivity index is 1.80. The first-order valence-corrected chi connectivity index (χ1v) is 7.37. The van der Waals surface area contributed by atoms with Crippen LogP contribution >= 0.6 is 0 Å². The van der Waals surface area contributed by atoms with E-state index in [9.17, 15) is 9.90 Å². The predicted molar refractivity (Wildman–Crippen MR) is 74.9 cm³/mol. The van der Waals surface area contributed by atoms with Gasteiger partial charge in [-0.3, -0.25) is 4.90 Å². The van der Waals surface area contributed by atoms with Crippen molar-refractivity contribution < 1.29 is 9.90 Å². The minimum atomic E-state index is -0.889. The zero-order chi connectivity index (χ0) is 14.1. The first-order chi connectivity index (χ1) is 9.65. The van der Waals surface area contributed by atoms with Gasteiger partial charge in [0.2, 0.25) is 0 Å². The molecule has 0 aromatic carbocycles. The summed E-state index contributed by atoms with van der Waals surface area (Å²) in [4.78, 5) is 20.4. The molecule has 6 heteroatoms. The standard InChI is InChI=1S/C14H22N4O2/c1-16-6-8-17(9-7-16)10-12-15-13(14(19)20)11-4-2-3-5-18(11)12/h2-10H2,1H3,(H,19,20). The normalized spacial score (nSPS) is 20.9. The van der Waals surface area contributed by atoms with Crippen LogP contribution in [0.1, 0.15) is 34.8 Å². The van der Waals surface area contributed by atoms with Gasteiger partial charge in [0.1, 0.15) is 5.82 Å². The Labute approximate surface area is 119 Å². The molecule has 0 aliphatic carbocycles. The van der Waals surface area contributed by atoms with E-state index in [-0.39, 0.29) is 5.69 Å². The number of hydrogen-bond acceptors (Lipinski definition) is 4. The van der Waals surface area contributed by atoms with Crippen molar-refractivity contribution in [2.24, 2.45) is 0 Å². The Morgan fingerprint density at radius 1 is 1.20 bits per heavy atom. The van der Waals surface area contributed by atoms with E-state index in [2.05, 4.69) is 26.4 Å². The molecule has 20 heavy (non-hydrogen) atoms. The molecule has 2 aliphatic rings. The molecular weight excluding hydrogens is 256 g/mol. The molecule has 1 aromatic heterocycles. The summed E-state index contributed by atoms with van der Waals surface area (Å²) in [5, 5.41) is 9.30. The molecule has 0 atom stereocenters. The highest BCUT2D eigenvalue weighted by atomic mass is 16.4. The predicted octanol–water partition coefficient (Wildman–Crippen LogP) is 0.665. The van der Waals surface area contributed by atoms with Gasteiger partial charge in [0.15, 0.2) is 5.69 Å². The number of likely N-dealkylation sites (N-methyl/N-ethyl adjacent to an activating group) is 1. The lowest BCUT2D eigenvalue weighted by molar-refractivity contribution is 0.0689. The average molecular weight is 278 g/mol. The zero-order valence-corrected chi connectivity index (χ0v) is 12.0. The molecule has 1 N–H and O–H groups in total. The third kappa shape index (κ3) is 2.58. The summed E-state index contributed by atoms with van der Waals surface area (Å²) in [6.45, 7) is 5.88. The number of carboxylic acid groups (broad SMARTS) is 1. The van der Waals surface area contributed by atoms with E-state index >= 15 is 0 Å². The van der Waals surface area contributed by atoms with Crippen molar-refractivity contribution in [1.82, 2.24) is 19.4 Å². The molecule has 3 heterocycles. The maximum absolute atomic E-state index is 11.3. The van der Waals surface area contributed by atoms with E-state index in [1.807, 2.05) is 0 Å². The first-order valence-electron chi connectivity index (χ1n) is 7.37. The van der Waals surface area contributed by atoms with Gasteiger partial charge >= 0.3 is 5.97 Å². The number of hydrogen-bond donors (Lipinski definition) is 1. The first kappa shape index (κ1) is 13.6. The molecule has 1 aromatic rings. The van der Waals surface area contributed by atoms with Crippen LogP contribution in [0, 0.1) is 0 Å². The summed E-state index contributed by atoms with van der Waals surface area (Å²) < 4.78 is 2.14. The maximum Gasteiger partial charge on any atom is 0.356 e. The smallest absolute Gasteiger partial charge is 0.356 e. The van der Waals surface area contributed by atoms with Gasteiger partial charge in [0, 0.05) is 32.7 Å².